The summed E-state index contributed by atoms with van der Waals surface area (Å²) in [4.78, 5) is 3.84. The molecule has 0 radical (unpaired) electrons. The molecule has 20 heavy (non-hydrogen) atoms. The van der Waals surface area contributed by atoms with Gasteiger partial charge in [-0.05, 0) is 25.5 Å². The number of rotatable bonds is 5. The van der Waals surface area contributed by atoms with Crippen molar-refractivity contribution >= 4 is 0 Å². The number of aliphatic hydroxyl groups excluding tert-OH is 1. The van der Waals surface area contributed by atoms with E-state index in [0.29, 0.717) is 11.3 Å². The fraction of sp³-hybridized carbons (Fsp3) is 0.357. The van der Waals surface area contributed by atoms with Crippen LogP contribution in [-0.2, 0) is 6.61 Å². The van der Waals surface area contributed by atoms with Crippen LogP contribution in [0.5, 0.6) is 5.75 Å². The Morgan fingerprint density at radius 2 is 2.15 bits per heavy atom. The summed E-state index contributed by atoms with van der Waals surface area (Å²) in [5.41, 5.74) is 1.58. The number of imidazole rings is 1. The Balaban J connectivity index is 2.18. The van der Waals surface area contributed by atoms with E-state index >= 15 is 0 Å². The van der Waals surface area contributed by atoms with Gasteiger partial charge in [-0.2, -0.15) is 8.78 Å². The molecule has 4 nitrogen and oxygen atoms in total. The molecule has 0 aliphatic rings. The van der Waals surface area contributed by atoms with Crippen LogP contribution in [0.25, 0.3) is 0 Å². The lowest BCUT2D eigenvalue weighted by molar-refractivity contribution is 0.0630. The molecule has 1 unspecified atom stereocenters. The molecule has 0 aliphatic carbocycles. The normalized spacial score (nSPS) is 12.7. The number of hydrogen-bond donors (Lipinski definition) is 1. The lowest BCUT2D eigenvalue weighted by Gasteiger charge is -2.14. The minimum atomic E-state index is -2.65. The van der Waals surface area contributed by atoms with E-state index in [1.54, 1.807) is 19.1 Å². The molecule has 1 atom stereocenters. The van der Waals surface area contributed by atoms with Crippen molar-refractivity contribution in [3.05, 3.63) is 47.5 Å². The Bertz CT molecular complexity index is 582. The van der Waals surface area contributed by atoms with Crippen molar-refractivity contribution in [2.45, 2.75) is 33.1 Å². The third kappa shape index (κ3) is 3.14. The monoisotopic (exact) mass is 282 g/mol. The van der Waals surface area contributed by atoms with Gasteiger partial charge in [0.25, 0.3) is 0 Å². The zero-order valence-corrected chi connectivity index (χ0v) is 11.3. The summed E-state index contributed by atoms with van der Waals surface area (Å²) in [5, 5.41) is 9.67. The van der Waals surface area contributed by atoms with Crippen molar-refractivity contribution in [3.63, 3.8) is 0 Å². The summed E-state index contributed by atoms with van der Waals surface area (Å²) in [6.45, 7) is 0.779. The number of aryl methyl sites for hydroxylation is 1. The predicted octanol–water partition coefficient (Wildman–Crippen LogP) is 3.22. The van der Waals surface area contributed by atoms with E-state index < -0.39 is 12.7 Å². The first-order chi connectivity index (χ1) is 9.49. The minimum absolute atomic E-state index is 0.0828. The number of nitrogens with zero attached hydrogens (tertiary/aromatic N) is 2. The summed E-state index contributed by atoms with van der Waals surface area (Å²) in [6.07, 6.45) is 1.81. The summed E-state index contributed by atoms with van der Waals surface area (Å²) in [6, 6.07) is 5.38. The second-order valence-corrected chi connectivity index (χ2v) is 4.53. The maximum atomic E-state index is 12.7. The molecular weight excluding hydrogens is 266 g/mol. The zero-order valence-electron chi connectivity index (χ0n) is 11.3. The van der Waals surface area contributed by atoms with Crippen molar-refractivity contribution in [1.29, 1.82) is 0 Å². The first kappa shape index (κ1) is 14.5. The fourth-order valence-corrected chi connectivity index (χ4v) is 1.89. The molecule has 0 amide bonds. The molecule has 108 valence electrons. The number of benzene rings is 1. The van der Waals surface area contributed by atoms with E-state index in [2.05, 4.69) is 4.98 Å². The van der Waals surface area contributed by atoms with E-state index in [1.807, 2.05) is 13.0 Å². The topological polar surface area (TPSA) is 47.3 Å². The Kier molecular flexibility index (Phi) is 4.34. The first-order valence-electron chi connectivity index (χ1n) is 6.20. The van der Waals surface area contributed by atoms with Crippen LogP contribution in [-0.4, -0.2) is 14.7 Å². The third-order valence-electron chi connectivity index (χ3n) is 2.94. The number of hydrogen-bond acceptors (Lipinski definition) is 3. The van der Waals surface area contributed by atoms with Gasteiger partial charge < -0.3 is 9.84 Å². The van der Waals surface area contributed by atoms with Crippen molar-refractivity contribution < 1.29 is 18.6 Å². The van der Waals surface area contributed by atoms with Crippen LogP contribution in [0.2, 0.25) is 0 Å². The highest BCUT2D eigenvalue weighted by Gasteiger charge is 2.14. The van der Waals surface area contributed by atoms with Gasteiger partial charge in [0.2, 0.25) is 0 Å². The van der Waals surface area contributed by atoms with Gasteiger partial charge in [-0.15, -0.1) is 0 Å². The summed E-state index contributed by atoms with van der Waals surface area (Å²) in [5.74, 6) is 0.613. The van der Waals surface area contributed by atoms with Crippen LogP contribution in [0.4, 0.5) is 8.78 Å². The maximum Gasteiger partial charge on any atom is 0.320 e. The molecular formula is C14H16F2N2O2. The highest BCUT2D eigenvalue weighted by molar-refractivity contribution is 5.38. The second-order valence-electron chi connectivity index (χ2n) is 4.53. The van der Waals surface area contributed by atoms with Gasteiger partial charge in [0.05, 0.1) is 6.10 Å². The average molecular weight is 282 g/mol. The first-order valence-corrected chi connectivity index (χ1v) is 6.20. The van der Waals surface area contributed by atoms with Gasteiger partial charge in [-0.1, -0.05) is 12.1 Å². The molecule has 2 rings (SSSR count). The van der Waals surface area contributed by atoms with Crippen LogP contribution in [0.1, 0.15) is 36.5 Å². The molecule has 1 aromatic carbocycles. The zero-order chi connectivity index (χ0) is 14.7. The average Bonchev–Trinajstić information content (AvgIpc) is 2.84. The van der Waals surface area contributed by atoms with Gasteiger partial charge >= 0.3 is 6.55 Å². The van der Waals surface area contributed by atoms with Gasteiger partial charge in [-0.3, -0.25) is 4.57 Å². The largest absolute Gasteiger partial charge is 0.485 e. The SMILES string of the molecule is Cc1ccc(C(C)O)c(OCc2nccn2C(F)F)c1. The van der Waals surface area contributed by atoms with Crippen molar-refractivity contribution in [2.75, 3.05) is 0 Å². The minimum Gasteiger partial charge on any atom is -0.485 e. The second kappa shape index (κ2) is 6.00. The van der Waals surface area contributed by atoms with Gasteiger partial charge in [-0.25, -0.2) is 4.98 Å². The number of aliphatic hydroxyl groups is 1. The van der Waals surface area contributed by atoms with Crippen LogP contribution in [0.15, 0.2) is 30.6 Å². The Morgan fingerprint density at radius 1 is 1.40 bits per heavy atom. The van der Waals surface area contributed by atoms with E-state index in [0.717, 1.165) is 10.1 Å². The van der Waals surface area contributed by atoms with Crippen LogP contribution < -0.4 is 4.74 Å². The predicted molar refractivity (Wildman–Crippen MR) is 69.6 cm³/mol. The summed E-state index contributed by atoms with van der Waals surface area (Å²) in [7, 11) is 0. The number of ether oxygens (including phenoxy) is 1. The quantitative estimate of drug-likeness (QED) is 0.916. The molecule has 6 heteroatoms. The summed E-state index contributed by atoms with van der Waals surface area (Å²) >= 11 is 0. The van der Waals surface area contributed by atoms with Crippen LogP contribution in [0.3, 0.4) is 0 Å². The van der Waals surface area contributed by atoms with E-state index in [1.165, 1.54) is 12.4 Å². The van der Waals surface area contributed by atoms with Gasteiger partial charge in [0.15, 0.2) is 5.82 Å². The molecule has 0 aliphatic heterocycles. The Morgan fingerprint density at radius 3 is 2.80 bits per heavy atom. The Hall–Kier alpha value is -1.95. The molecule has 1 N–H and O–H groups in total. The molecule has 2 aromatic rings. The van der Waals surface area contributed by atoms with E-state index in [-0.39, 0.29) is 12.4 Å². The molecule has 1 aromatic heterocycles. The van der Waals surface area contributed by atoms with Crippen molar-refractivity contribution in [2.24, 2.45) is 0 Å². The molecule has 0 spiro atoms. The molecule has 1 heterocycles. The number of alkyl halides is 2. The fourth-order valence-electron chi connectivity index (χ4n) is 1.89. The highest BCUT2D eigenvalue weighted by atomic mass is 19.3. The van der Waals surface area contributed by atoms with E-state index in [4.69, 9.17) is 4.74 Å². The maximum absolute atomic E-state index is 12.7. The van der Waals surface area contributed by atoms with Crippen molar-refractivity contribution in [1.82, 2.24) is 9.55 Å². The highest BCUT2D eigenvalue weighted by Crippen LogP contribution is 2.27. The standard InChI is InChI=1S/C14H16F2N2O2/c1-9-3-4-11(10(2)19)12(7-9)20-8-13-17-5-6-18(13)14(15)16/h3-7,10,14,19H,8H2,1-2H3. The summed E-state index contributed by atoms with van der Waals surface area (Å²) < 4.78 is 31.7. The van der Waals surface area contributed by atoms with Crippen molar-refractivity contribution in [3.8, 4) is 5.75 Å². The number of aromatic nitrogens is 2. The third-order valence-corrected chi connectivity index (χ3v) is 2.94. The van der Waals surface area contributed by atoms with Gasteiger partial charge in [0, 0.05) is 18.0 Å². The van der Waals surface area contributed by atoms with Gasteiger partial charge in [0.1, 0.15) is 12.4 Å². The van der Waals surface area contributed by atoms with Crippen LogP contribution in [0, 0.1) is 6.92 Å². The lowest BCUT2D eigenvalue weighted by atomic mass is 10.1. The molecule has 0 fully saturated rings. The smallest absolute Gasteiger partial charge is 0.320 e. The van der Waals surface area contributed by atoms with Crippen LogP contribution >= 0.6 is 0 Å². The molecule has 0 saturated heterocycles. The molecule has 0 saturated carbocycles. The Labute approximate surface area is 115 Å². The van der Waals surface area contributed by atoms with E-state index in [9.17, 15) is 13.9 Å². The lowest BCUT2D eigenvalue weighted by Crippen LogP contribution is -2.08. The number of halogens is 2. The molecule has 0 bridgehead atoms.